The minimum absolute atomic E-state index is 0.614. The van der Waals surface area contributed by atoms with Gasteiger partial charge in [0.15, 0.2) is 0 Å². The Morgan fingerprint density at radius 1 is 1.20 bits per heavy atom. The highest BCUT2D eigenvalue weighted by Crippen LogP contribution is 2.15. The van der Waals surface area contributed by atoms with Crippen molar-refractivity contribution in [3.8, 4) is 0 Å². The lowest BCUT2D eigenvalue weighted by Gasteiger charge is -2.27. The molecule has 4 heterocycles. The second-order valence-corrected chi connectivity index (χ2v) is 5.94. The fourth-order valence-electron chi connectivity index (χ4n) is 2.86. The van der Waals surface area contributed by atoms with Gasteiger partial charge in [-0.15, -0.1) is 0 Å². The zero-order chi connectivity index (χ0) is 17.1. The molecule has 0 saturated carbocycles. The molecular formula is C17H21N7O. The van der Waals surface area contributed by atoms with Crippen LogP contribution in [0.15, 0.2) is 30.7 Å². The Labute approximate surface area is 145 Å². The molecule has 3 aromatic rings. The SMILES string of the molecule is CCc1cc(NCc2ccc(N3CCOCC3)nc2)n2ncnc2n1. The minimum Gasteiger partial charge on any atom is -0.378 e. The number of ether oxygens (including phenoxy) is 1. The molecule has 130 valence electrons. The lowest BCUT2D eigenvalue weighted by atomic mass is 10.2. The summed E-state index contributed by atoms with van der Waals surface area (Å²) in [6.45, 7) is 6.06. The molecular weight excluding hydrogens is 318 g/mol. The zero-order valence-corrected chi connectivity index (χ0v) is 14.2. The monoisotopic (exact) mass is 339 g/mol. The Kier molecular flexibility index (Phi) is 4.43. The average Bonchev–Trinajstić information content (AvgIpc) is 3.16. The lowest BCUT2D eigenvalue weighted by Crippen LogP contribution is -2.36. The maximum absolute atomic E-state index is 5.38. The quantitative estimate of drug-likeness (QED) is 0.755. The number of aryl methyl sites for hydroxylation is 1. The highest BCUT2D eigenvalue weighted by atomic mass is 16.5. The summed E-state index contributed by atoms with van der Waals surface area (Å²) in [5.74, 6) is 2.50. The Morgan fingerprint density at radius 3 is 2.84 bits per heavy atom. The highest BCUT2D eigenvalue weighted by molar-refractivity contribution is 5.46. The third kappa shape index (κ3) is 3.39. The summed E-state index contributed by atoms with van der Waals surface area (Å²) < 4.78 is 7.10. The van der Waals surface area contributed by atoms with Crippen LogP contribution in [0.5, 0.6) is 0 Å². The van der Waals surface area contributed by atoms with Crippen LogP contribution in [0, 0.1) is 0 Å². The van der Waals surface area contributed by atoms with Crippen LogP contribution < -0.4 is 10.2 Å². The number of hydrogen-bond donors (Lipinski definition) is 1. The molecule has 1 aliphatic heterocycles. The van der Waals surface area contributed by atoms with Crippen LogP contribution in [-0.4, -0.2) is 50.9 Å². The van der Waals surface area contributed by atoms with Crippen molar-refractivity contribution in [2.24, 2.45) is 0 Å². The summed E-state index contributed by atoms with van der Waals surface area (Å²) in [6, 6.07) is 6.18. The molecule has 0 radical (unpaired) electrons. The summed E-state index contributed by atoms with van der Waals surface area (Å²) >= 11 is 0. The molecule has 0 aromatic carbocycles. The van der Waals surface area contributed by atoms with Crippen LogP contribution in [0.2, 0.25) is 0 Å². The van der Waals surface area contributed by atoms with E-state index in [1.54, 1.807) is 4.52 Å². The molecule has 1 saturated heterocycles. The fraction of sp³-hybridized carbons (Fsp3) is 0.412. The van der Waals surface area contributed by atoms with Crippen LogP contribution in [0.4, 0.5) is 11.6 Å². The number of pyridine rings is 1. The molecule has 25 heavy (non-hydrogen) atoms. The van der Waals surface area contributed by atoms with Crippen molar-refractivity contribution < 1.29 is 4.74 Å². The van der Waals surface area contributed by atoms with Gasteiger partial charge in [0.1, 0.15) is 18.0 Å². The third-order valence-corrected chi connectivity index (χ3v) is 4.28. The maximum Gasteiger partial charge on any atom is 0.254 e. The summed E-state index contributed by atoms with van der Waals surface area (Å²) in [5, 5.41) is 7.64. The first kappa shape index (κ1) is 15.8. The van der Waals surface area contributed by atoms with Gasteiger partial charge in [-0.3, -0.25) is 0 Å². The van der Waals surface area contributed by atoms with E-state index in [9.17, 15) is 0 Å². The van der Waals surface area contributed by atoms with Crippen LogP contribution in [0.25, 0.3) is 5.78 Å². The second-order valence-electron chi connectivity index (χ2n) is 5.94. The van der Waals surface area contributed by atoms with Gasteiger partial charge in [-0.05, 0) is 18.1 Å². The van der Waals surface area contributed by atoms with E-state index in [1.165, 1.54) is 6.33 Å². The molecule has 1 N–H and O–H groups in total. The summed E-state index contributed by atoms with van der Waals surface area (Å²) in [5.41, 5.74) is 2.10. The van der Waals surface area contributed by atoms with E-state index in [4.69, 9.17) is 4.74 Å². The van der Waals surface area contributed by atoms with Gasteiger partial charge in [-0.25, -0.2) is 9.97 Å². The van der Waals surface area contributed by atoms with Crippen molar-refractivity contribution in [2.45, 2.75) is 19.9 Å². The Balaban J connectivity index is 1.47. The predicted octanol–water partition coefficient (Wildman–Crippen LogP) is 1.53. The van der Waals surface area contributed by atoms with E-state index < -0.39 is 0 Å². The van der Waals surface area contributed by atoms with E-state index in [0.717, 1.165) is 55.6 Å². The number of nitrogens with one attached hydrogen (secondary N) is 1. The number of nitrogens with zero attached hydrogens (tertiary/aromatic N) is 6. The molecule has 1 fully saturated rings. The van der Waals surface area contributed by atoms with Crippen LogP contribution in [0.3, 0.4) is 0 Å². The molecule has 8 nitrogen and oxygen atoms in total. The number of rotatable bonds is 5. The molecule has 0 aliphatic carbocycles. The van der Waals surface area contributed by atoms with Crippen molar-refractivity contribution in [1.29, 1.82) is 0 Å². The van der Waals surface area contributed by atoms with Gasteiger partial charge >= 0.3 is 0 Å². The van der Waals surface area contributed by atoms with Crippen molar-refractivity contribution in [3.63, 3.8) is 0 Å². The van der Waals surface area contributed by atoms with Crippen molar-refractivity contribution >= 4 is 17.4 Å². The van der Waals surface area contributed by atoms with E-state index in [-0.39, 0.29) is 0 Å². The van der Waals surface area contributed by atoms with Crippen molar-refractivity contribution in [1.82, 2.24) is 24.6 Å². The van der Waals surface area contributed by atoms with Gasteiger partial charge in [0.05, 0.1) is 13.2 Å². The van der Waals surface area contributed by atoms with Crippen molar-refractivity contribution in [3.05, 3.63) is 42.0 Å². The third-order valence-electron chi connectivity index (χ3n) is 4.28. The largest absolute Gasteiger partial charge is 0.378 e. The maximum atomic E-state index is 5.38. The van der Waals surface area contributed by atoms with E-state index >= 15 is 0 Å². The molecule has 0 bridgehead atoms. The Hall–Kier alpha value is -2.74. The van der Waals surface area contributed by atoms with Crippen LogP contribution in [-0.2, 0) is 17.7 Å². The van der Waals surface area contributed by atoms with E-state index in [1.807, 2.05) is 12.3 Å². The Morgan fingerprint density at radius 2 is 2.08 bits per heavy atom. The predicted molar refractivity (Wildman–Crippen MR) is 94.8 cm³/mol. The molecule has 0 atom stereocenters. The number of hydrogen-bond acceptors (Lipinski definition) is 7. The molecule has 0 unspecified atom stereocenters. The van der Waals surface area contributed by atoms with Crippen molar-refractivity contribution in [2.75, 3.05) is 36.5 Å². The molecule has 8 heteroatoms. The van der Waals surface area contributed by atoms with E-state index in [0.29, 0.717) is 12.3 Å². The first-order chi connectivity index (χ1) is 12.3. The van der Waals surface area contributed by atoms with Crippen LogP contribution >= 0.6 is 0 Å². The Bertz CT molecular complexity index is 840. The highest BCUT2D eigenvalue weighted by Gasteiger charge is 2.12. The molecule has 1 aliphatic rings. The molecule has 4 rings (SSSR count). The topological polar surface area (TPSA) is 80.5 Å². The summed E-state index contributed by atoms with van der Waals surface area (Å²) in [4.78, 5) is 15.5. The van der Waals surface area contributed by atoms with Gasteiger partial charge in [0.2, 0.25) is 0 Å². The first-order valence-electron chi connectivity index (χ1n) is 8.54. The lowest BCUT2D eigenvalue weighted by molar-refractivity contribution is 0.122. The average molecular weight is 339 g/mol. The van der Waals surface area contributed by atoms with Gasteiger partial charge < -0.3 is 15.0 Å². The molecule has 0 amide bonds. The number of morpholine rings is 1. The fourth-order valence-corrected chi connectivity index (χ4v) is 2.86. The van der Waals surface area contributed by atoms with Gasteiger partial charge in [-0.2, -0.15) is 14.6 Å². The molecule has 3 aromatic heterocycles. The first-order valence-corrected chi connectivity index (χ1v) is 8.54. The molecule has 0 spiro atoms. The van der Waals surface area contributed by atoms with Gasteiger partial charge in [0, 0.05) is 37.6 Å². The van der Waals surface area contributed by atoms with E-state index in [2.05, 4.69) is 49.3 Å². The summed E-state index contributed by atoms with van der Waals surface area (Å²) in [6.07, 6.45) is 4.29. The number of aromatic nitrogens is 5. The second kappa shape index (κ2) is 7.02. The summed E-state index contributed by atoms with van der Waals surface area (Å²) in [7, 11) is 0. The minimum atomic E-state index is 0.614. The van der Waals surface area contributed by atoms with Crippen LogP contribution in [0.1, 0.15) is 18.2 Å². The smallest absolute Gasteiger partial charge is 0.254 e. The zero-order valence-electron chi connectivity index (χ0n) is 14.2. The normalized spacial score (nSPS) is 14.8. The standard InChI is InChI=1S/C17H21N7O/c1-2-14-9-16(24-17(22-14)20-12-21-24)19-11-13-3-4-15(18-10-13)23-5-7-25-8-6-23/h3-4,9-10,12,19H,2,5-8,11H2,1H3. The number of anilines is 2. The van der Waals surface area contributed by atoms with Gasteiger partial charge in [0.25, 0.3) is 5.78 Å². The van der Waals surface area contributed by atoms with Gasteiger partial charge in [-0.1, -0.05) is 13.0 Å². The number of fused-ring (bicyclic) bond motifs is 1.